The summed E-state index contributed by atoms with van der Waals surface area (Å²) >= 11 is 0. The number of pyridine rings is 1. The highest BCUT2D eigenvalue weighted by Gasteiger charge is 2.30. The van der Waals surface area contributed by atoms with Crippen LogP contribution in [0, 0.1) is 0 Å². The Labute approximate surface area is 199 Å². The molecule has 0 aliphatic carbocycles. The van der Waals surface area contributed by atoms with Crippen molar-refractivity contribution in [1.82, 2.24) is 28.8 Å². The monoisotopic (exact) mass is 490 g/mol. The molecule has 0 aromatic carbocycles. The van der Waals surface area contributed by atoms with Crippen molar-refractivity contribution in [3.63, 3.8) is 0 Å². The second kappa shape index (κ2) is 9.43. The van der Waals surface area contributed by atoms with Crippen molar-refractivity contribution in [3.05, 3.63) is 28.3 Å². The summed E-state index contributed by atoms with van der Waals surface area (Å²) < 4.78 is 37.6. The predicted octanol–water partition coefficient (Wildman–Crippen LogP) is 0.435. The van der Waals surface area contributed by atoms with Crippen LogP contribution < -0.4 is 15.0 Å². The van der Waals surface area contributed by atoms with E-state index in [-0.39, 0.29) is 22.2 Å². The van der Waals surface area contributed by atoms with Gasteiger partial charge in [0.25, 0.3) is 0 Å². The van der Waals surface area contributed by atoms with Gasteiger partial charge < -0.3 is 14.6 Å². The van der Waals surface area contributed by atoms with Crippen molar-refractivity contribution >= 4 is 21.1 Å². The van der Waals surface area contributed by atoms with Gasteiger partial charge in [-0.15, -0.1) is 4.68 Å². The van der Waals surface area contributed by atoms with Crippen molar-refractivity contribution < 1.29 is 17.8 Å². The second-order valence-electron chi connectivity index (χ2n) is 8.25. The van der Waals surface area contributed by atoms with Gasteiger partial charge in [-0.3, -0.25) is 4.79 Å². The Kier molecular flexibility index (Phi) is 6.74. The first-order valence-electron chi connectivity index (χ1n) is 11.6. The molecule has 34 heavy (non-hydrogen) atoms. The zero-order valence-corrected chi connectivity index (χ0v) is 21.1. The summed E-state index contributed by atoms with van der Waals surface area (Å²) in [6.45, 7) is 9.30. The third kappa shape index (κ3) is 4.10. The molecule has 1 aliphatic rings. The molecule has 4 rings (SSSR count). The fraction of sp³-hybridized carbons (Fsp3) is 0.545. The number of hydrogen-bond donors (Lipinski definition) is 1. The van der Waals surface area contributed by atoms with Gasteiger partial charge in [0.2, 0.25) is 15.9 Å². The van der Waals surface area contributed by atoms with Gasteiger partial charge in [-0.05, 0) is 26.0 Å². The van der Waals surface area contributed by atoms with Crippen LogP contribution in [0.4, 0.5) is 0 Å². The number of ether oxygens (including phenoxy) is 1. The predicted molar refractivity (Wildman–Crippen MR) is 127 cm³/mol. The normalized spacial score (nSPS) is 15.8. The molecule has 0 unspecified atom stereocenters. The van der Waals surface area contributed by atoms with Gasteiger partial charge in [-0.25, -0.2) is 18.4 Å². The minimum Gasteiger partial charge on any atom is -0.477 e. The summed E-state index contributed by atoms with van der Waals surface area (Å²) in [6.07, 6.45) is 1.99. The molecule has 1 N–H and O–H groups in total. The number of aromatic nitrogens is 5. The zero-order chi connectivity index (χ0) is 24.6. The van der Waals surface area contributed by atoms with Crippen LogP contribution >= 0.6 is 0 Å². The van der Waals surface area contributed by atoms with E-state index in [2.05, 4.69) is 21.8 Å². The Morgan fingerprint density at radius 2 is 1.88 bits per heavy atom. The SMILES string of the molecule is CCOc1ncc(S(=O)(=O)N2CCN(CC)CC2)cc1-c1nc2c(CC)n(C)[n+](C)c2c(=O)[nH]1. The maximum absolute atomic E-state index is 13.4. The van der Waals surface area contributed by atoms with E-state index in [1.165, 1.54) is 16.6 Å². The number of piperazine rings is 1. The van der Waals surface area contributed by atoms with E-state index in [4.69, 9.17) is 9.72 Å². The average Bonchev–Trinajstić information content (AvgIpc) is 3.08. The summed E-state index contributed by atoms with van der Waals surface area (Å²) in [4.78, 5) is 27.1. The molecule has 1 fully saturated rings. The maximum Gasteiger partial charge on any atom is 0.326 e. The van der Waals surface area contributed by atoms with Crippen molar-refractivity contribution in [2.45, 2.75) is 32.1 Å². The van der Waals surface area contributed by atoms with Gasteiger partial charge in [0.15, 0.2) is 12.6 Å². The lowest BCUT2D eigenvalue weighted by Crippen LogP contribution is -2.48. The van der Waals surface area contributed by atoms with Crippen LogP contribution in [0.1, 0.15) is 26.5 Å². The summed E-state index contributed by atoms with van der Waals surface area (Å²) in [5, 5.41) is 0. The summed E-state index contributed by atoms with van der Waals surface area (Å²) in [5.41, 5.74) is 1.93. The maximum atomic E-state index is 13.4. The van der Waals surface area contributed by atoms with Crippen LogP contribution in [0.2, 0.25) is 0 Å². The standard InChI is InChI=1S/C22H31N7O4S/c1-6-17-18-19(27(5)26(17)4)21(30)25-20(24-18)16-13-15(14-23-22(16)33-8-3)34(31,32)29-11-9-28(7-2)10-12-29/h13-14H,6-12H2,1-5H3/p+1. The highest BCUT2D eigenvalue weighted by molar-refractivity contribution is 7.89. The number of nitrogens with zero attached hydrogens (tertiary/aromatic N) is 6. The van der Waals surface area contributed by atoms with Crippen molar-refractivity contribution in [3.8, 4) is 17.3 Å². The Morgan fingerprint density at radius 1 is 1.18 bits per heavy atom. The number of fused-ring (bicyclic) bond motifs is 1. The third-order valence-corrected chi connectivity index (χ3v) is 8.31. The minimum atomic E-state index is -3.76. The molecule has 0 amide bonds. The highest BCUT2D eigenvalue weighted by atomic mass is 32.2. The van der Waals surface area contributed by atoms with Crippen LogP contribution in [0.3, 0.4) is 0 Å². The van der Waals surface area contributed by atoms with Crippen molar-refractivity contribution in [1.29, 1.82) is 0 Å². The number of nitrogens with one attached hydrogen (secondary N) is 1. The number of hydrogen-bond acceptors (Lipinski definition) is 7. The van der Waals surface area contributed by atoms with E-state index in [1.807, 2.05) is 25.6 Å². The quantitative estimate of drug-likeness (QED) is 0.478. The van der Waals surface area contributed by atoms with E-state index in [0.29, 0.717) is 55.8 Å². The average molecular weight is 491 g/mol. The topological polar surface area (TPSA) is 117 Å². The number of rotatable bonds is 7. The van der Waals surface area contributed by atoms with Gasteiger partial charge in [-0.2, -0.15) is 8.99 Å². The van der Waals surface area contributed by atoms with Gasteiger partial charge in [-0.1, -0.05) is 13.8 Å². The van der Waals surface area contributed by atoms with E-state index >= 15 is 0 Å². The third-order valence-electron chi connectivity index (χ3n) is 6.45. The molecule has 1 aliphatic heterocycles. The molecular weight excluding hydrogens is 458 g/mol. The first-order chi connectivity index (χ1) is 16.2. The van der Waals surface area contributed by atoms with E-state index in [1.54, 1.807) is 11.7 Å². The smallest absolute Gasteiger partial charge is 0.326 e. The molecule has 0 saturated carbocycles. The van der Waals surface area contributed by atoms with Crippen molar-refractivity contribution in [2.75, 3.05) is 39.3 Å². The number of aryl methyl sites for hydroxylation is 2. The minimum absolute atomic E-state index is 0.0491. The van der Waals surface area contributed by atoms with E-state index in [9.17, 15) is 13.2 Å². The Balaban J connectivity index is 1.84. The number of likely N-dealkylation sites (N-methyl/N-ethyl adjacent to an activating group) is 1. The zero-order valence-electron chi connectivity index (χ0n) is 20.3. The summed E-state index contributed by atoms with van der Waals surface area (Å²) in [5.74, 6) is 0.445. The van der Waals surface area contributed by atoms with Crippen LogP contribution in [-0.2, 0) is 30.5 Å². The number of H-pyrrole nitrogens is 1. The molecule has 0 atom stereocenters. The van der Waals surface area contributed by atoms with Crippen LogP contribution in [0.5, 0.6) is 5.88 Å². The molecule has 0 spiro atoms. The van der Waals surface area contributed by atoms with E-state index < -0.39 is 10.0 Å². The Hall–Kier alpha value is -2.83. The summed E-state index contributed by atoms with van der Waals surface area (Å²) in [7, 11) is -0.0877. The molecule has 1 saturated heterocycles. The molecule has 12 heteroatoms. The lowest BCUT2D eigenvalue weighted by molar-refractivity contribution is -0.729. The van der Waals surface area contributed by atoms with Crippen LogP contribution in [0.25, 0.3) is 22.4 Å². The summed E-state index contributed by atoms with van der Waals surface area (Å²) in [6, 6.07) is 1.50. The molecule has 184 valence electrons. The molecule has 0 bridgehead atoms. The second-order valence-corrected chi connectivity index (χ2v) is 10.2. The first-order valence-corrected chi connectivity index (χ1v) is 13.0. The molecule has 3 aromatic heterocycles. The molecule has 4 heterocycles. The van der Waals surface area contributed by atoms with Crippen LogP contribution in [-0.4, -0.2) is 76.6 Å². The molecule has 3 aromatic rings. The molecule has 0 radical (unpaired) electrons. The van der Waals surface area contributed by atoms with Gasteiger partial charge in [0.1, 0.15) is 16.4 Å². The van der Waals surface area contributed by atoms with Gasteiger partial charge in [0.05, 0.1) is 25.4 Å². The van der Waals surface area contributed by atoms with Gasteiger partial charge >= 0.3 is 11.1 Å². The van der Waals surface area contributed by atoms with Crippen molar-refractivity contribution in [2.24, 2.45) is 14.1 Å². The number of aromatic amines is 1. The molecular formula is C22H32N7O4S+. The first kappa shape index (κ1) is 24.3. The highest BCUT2D eigenvalue weighted by Crippen LogP contribution is 2.30. The molecule has 11 nitrogen and oxygen atoms in total. The van der Waals surface area contributed by atoms with E-state index in [0.717, 1.165) is 12.2 Å². The number of sulfonamides is 1. The Morgan fingerprint density at radius 3 is 2.50 bits per heavy atom. The Bertz CT molecular complexity index is 1370. The van der Waals surface area contributed by atoms with Crippen LogP contribution in [0.15, 0.2) is 22.0 Å². The van der Waals surface area contributed by atoms with Gasteiger partial charge in [0, 0.05) is 26.2 Å². The largest absolute Gasteiger partial charge is 0.477 e. The fourth-order valence-electron chi connectivity index (χ4n) is 4.41. The lowest BCUT2D eigenvalue weighted by atomic mass is 10.2. The fourth-order valence-corrected chi connectivity index (χ4v) is 5.80. The lowest BCUT2D eigenvalue weighted by Gasteiger charge is -2.33.